The Morgan fingerprint density at radius 3 is 2.27 bits per heavy atom. The van der Waals surface area contributed by atoms with E-state index in [9.17, 15) is 9.59 Å². The summed E-state index contributed by atoms with van der Waals surface area (Å²) in [5, 5.41) is 8.52. The van der Waals surface area contributed by atoms with E-state index in [0.29, 0.717) is 6.54 Å². The molecular formula is C10H20N2O3. The predicted molar refractivity (Wildman–Crippen MR) is 57.3 cm³/mol. The van der Waals surface area contributed by atoms with Crippen LogP contribution < -0.4 is 5.73 Å². The first-order valence-electron chi connectivity index (χ1n) is 5.16. The van der Waals surface area contributed by atoms with Crippen molar-refractivity contribution in [1.29, 1.82) is 0 Å². The predicted octanol–water partition coefficient (Wildman–Crippen LogP) is 0.293. The maximum absolute atomic E-state index is 11.7. The van der Waals surface area contributed by atoms with Crippen LogP contribution in [-0.4, -0.2) is 41.0 Å². The molecule has 0 radical (unpaired) electrons. The smallest absolute Gasteiger partial charge is 0.305 e. The van der Waals surface area contributed by atoms with Crippen LogP contribution in [0.2, 0.25) is 0 Å². The number of nitrogens with zero attached hydrogens (tertiary/aromatic N) is 1. The van der Waals surface area contributed by atoms with Crippen LogP contribution in [0.3, 0.4) is 0 Å². The molecule has 1 atom stereocenters. The van der Waals surface area contributed by atoms with Crippen LogP contribution in [0.15, 0.2) is 0 Å². The van der Waals surface area contributed by atoms with Gasteiger partial charge in [-0.1, -0.05) is 13.8 Å². The third-order valence-electron chi connectivity index (χ3n) is 2.29. The molecule has 1 amide bonds. The Kier molecular flexibility index (Phi) is 5.93. The van der Waals surface area contributed by atoms with E-state index in [1.54, 1.807) is 0 Å². The molecule has 0 spiro atoms. The number of carbonyl (C=O) groups excluding carboxylic acids is 1. The second-order valence-corrected chi connectivity index (χ2v) is 3.83. The van der Waals surface area contributed by atoms with Gasteiger partial charge in [0.1, 0.15) is 0 Å². The monoisotopic (exact) mass is 216 g/mol. The van der Waals surface area contributed by atoms with Crippen molar-refractivity contribution in [3.8, 4) is 0 Å². The summed E-state index contributed by atoms with van der Waals surface area (Å²) in [4.78, 5) is 23.6. The molecule has 15 heavy (non-hydrogen) atoms. The second-order valence-electron chi connectivity index (χ2n) is 3.83. The van der Waals surface area contributed by atoms with E-state index >= 15 is 0 Å². The molecule has 0 bridgehead atoms. The van der Waals surface area contributed by atoms with E-state index in [1.165, 1.54) is 4.90 Å². The van der Waals surface area contributed by atoms with Gasteiger partial charge in [-0.25, -0.2) is 0 Å². The van der Waals surface area contributed by atoms with Gasteiger partial charge in [-0.05, 0) is 12.8 Å². The van der Waals surface area contributed by atoms with Crippen molar-refractivity contribution in [2.24, 2.45) is 11.7 Å². The maximum Gasteiger partial charge on any atom is 0.305 e. The molecule has 5 nitrogen and oxygen atoms in total. The van der Waals surface area contributed by atoms with E-state index in [0.717, 1.165) is 0 Å². The summed E-state index contributed by atoms with van der Waals surface area (Å²) in [6.07, 6.45) is -0.0373. The number of carboxylic acid groups (broad SMARTS) is 1. The number of rotatable bonds is 6. The number of carboxylic acids is 1. The number of likely N-dealkylation sites (N-methyl/N-ethyl adjacent to an activating group) is 1. The quantitative estimate of drug-likeness (QED) is 0.668. The topological polar surface area (TPSA) is 83.6 Å². The van der Waals surface area contributed by atoms with Crippen molar-refractivity contribution in [3.05, 3.63) is 0 Å². The number of amides is 1. The highest BCUT2D eigenvalue weighted by Gasteiger charge is 2.22. The lowest BCUT2D eigenvalue weighted by Crippen LogP contribution is -2.47. The summed E-state index contributed by atoms with van der Waals surface area (Å²) < 4.78 is 0. The molecule has 0 aromatic carbocycles. The van der Waals surface area contributed by atoms with Crippen molar-refractivity contribution in [1.82, 2.24) is 4.90 Å². The Labute approximate surface area is 90.2 Å². The SMILES string of the molecule is CCN(CCC(=O)O)C(=O)C(N)C(C)C. The van der Waals surface area contributed by atoms with Crippen molar-refractivity contribution in [2.75, 3.05) is 13.1 Å². The Bertz CT molecular complexity index is 229. The molecule has 0 aromatic rings. The average Bonchev–Trinajstić information content (AvgIpc) is 2.16. The Morgan fingerprint density at radius 2 is 1.93 bits per heavy atom. The van der Waals surface area contributed by atoms with Crippen LogP contribution in [0.1, 0.15) is 27.2 Å². The zero-order valence-electron chi connectivity index (χ0n) is 9.56. The van der Waals surface area contributed by atoms with E-state index < -0.39 is 12.0 Å². The largest absolute Gasteiger partial charge is 0.481 e. The summed E-state index contributed by atoms with van der Waals surface area (Å²) in [5.74, 6) is -1.01. The molecule has 3 N–H and O–H groups in total. The summed E-state index contributed by atoms with van der Waals surface area (Å²) in [6.45, 7) is 6.27. The minimum Gasteiger partial charge on any atom is -0.481 e. The van der Waals surface area contributed by atoms with E-state index in [4.69, 9.17) is 10.8 Å². The maximum atomic E-state index is 11.7. The first-order valence-corrected chi connectivity index (χ1v) is 5.16. The first-order chi connectivity index (χ1) is 6.90. The van der Waals surface area contributed by atoms with Gasteiger partial charge in [0.25, 0.3) is 0 Å². The van der Waals surface area contributed by atoms with Crippen LogP contribution in [0.5, 0.6) is 0 Å². The van der Waals surface area contributed by atoms with E-state index in [1.807, 2.05) is 20.8 Å². The number of aliphatic carboxylic acids is 1. The van der Waals surface area contributed by atoms with Gasteiger partial charge < -0.3 is 15.7 Å². The number of carbonyl (C=O) groups is 2. The molecule has 0 aromatic heterocycles. The van der Waals surface area contributed by atoms with Crippen molar-refractivity contribution in [2.45, 2.75) is 33.2 Å². The van der Waals surface area contributed by atoms with E-state index in [2.05, 4.69) is 0 Å². The van der Waals surface area contributed by atoms with Crippen LogP contribution in [-0.2, 0) is 9.59 Å². The molecule has 0 rings (SSSR count). The van der Waals surface area contributed by atoms with Crippen LogP contribution in [0, 0.1) is 5.92 Å². The molecule has 0 heterocycles. The molecule has 0 saturated carbocycles. The van der Waals surface area contributed by atoms with E-state index in [-0.39, 0.29) is 24.8 Å². The lowest BCUT2D eigenvalue weighted by molar-refractivity contribution is -0.139. The molecule has 1 unspecified atom stereocenters. The lowest BCUT2D eigenvalue weighted by atomic mass is 10.0. The molecule has 0 aliphatic heterocycles. The third kappa shape index (κ3) is 4.78. The zero-order chi connectivity index (χ0) is 12.0. The van der Waals surface area contributed by atoms with Gasteiger partial charge in [0.15, 0.2) is 0 Å². The van der Waals surface area contributed by atoms with Crippen LogP contribution >= 0.6 is 0 Å². The summed E-state index contributed by atoms with van der Waals surface area (Å²) in [6, 6.07) is -0.543. The fourth-order valence-corrected chi connectivity index (χ4v) is 1.15. The van der Waals surface area contributed by atoms with Crippen molar-refractivity contribution in [3.63, 3.8) is 0 Å². The Hall–Kier alpha value is -1.10. The summed E-state index contributed by atoms with van der Waals surface area (Å²) >= 11 is 0. The molecule has 0 aliphatic rings. The minimum absolute atomic E-state index is 0.0373. The highest BCUT2D eigenvalue weighted by Crippen LogP contribution is 2.04. The van der Waals surface area contributed by atoms with Gasteiger partial charge in [0, 0.05) is 13.1 Å². The highest BCUT2D eigenvalue weighted by molar-refractivity contribution is 5.82. The number of nitrogens with two attached hydrogens (primary N) is 1. The van der Waals surface area contributed by atoms with Gasteiger partial charge in [-0.2, -0.15) is 0 Å². The Morgan fingerprint density at radius 1 is 1.40 bits per heavy atom. The van der Waals surface area contributed by atoms with Crippen LogP contribution in [0.4, 0.5) is 0 Å². The molecule has 0 saturated heterocycles. The highest BCUT2D eigenvalue weighted by atomic mass is 16.4. The van der Waals surface area contributed by atoms with Gasteiger partial charge in [0.05, 0.1) is 12.5 Å². The Balaban J connectivity index is 4.27. The van der Waals surface area contributed by atoms with Gasteiger partial charge >= 0.3 is 5.97 Å². The molecular weight excluding hydrogens is 196 g/mol. The minimum atomic E-state index is -0.903. The average molecular weight is 216 g/mol. The summed E-state index contributed by atoms with van der Waals surface area (Å²) in [7, 11) is 0. The normalized spacial score (nSPS) is 12.6. The van der Waals surface area contributed by atoms with Crippen molar-refractivity contribution < 1.29 is 14.7 Å². The van der Waals surface area contributed by atoms with Gasteiger partial charge in [0.2, 0.25) is 5.91 Å². The number of hydrogen-bond donors (Lipinski definition) is 2. The molecule has 88 valence electrons. The first kappa shape index (κ1) is 13.9. The lowest BCUT2D eigenvalue weighted by Gasteiger charge is -2.25. The van der Waals surface area contributed by atoms with Crippen LogP contribution in [0.25, 0.3) is 0 Å². The zero-order valence-corrected chi connectivity index (χ0v) is 9.56. The van der Waals surface area contributed by atoms with Gasteiger partial charge in [-0.15, -0.1) is 0 Å². The van der Waals surface area contributed by atoms with Crippen molar-refractivity contribution >= 4 is 11.9 Å². The summed E-state index contributed by atoms with van der Waals surface area (Å²) in [5.41, 5.74) is 5.70. The molecule has 5 heteroatoms. The second kappa shape index (κ2) is 6.40. The standard InChI is InChI=1S/C10H20N2O3/c1-4-12(6-5-8(13)14)10(15)9(11)7(2)3/h7,9H,4-6,11H2,1-3H3,(H,13,14). The fourth-order valence-electron chi connectivity index (χ4n) is 1.15. The molecule has 0 fully saturated rings. The van der Waals surface area contributed by atoms with Gasteiger partial charge in [-0.3, -0.25) is 9.59 Å². The molecule has 0 aliphatic carbocycles. The fraction of sp³-hybridized carbons (Fsp3) is 0.800. The third-order valence-corrected chi connectivity index (χ3v) is 2.29. The number of hydrogen-bond acceptors (Lipinski definition) is 3.